The van der Waals surface area contributed by atoms with E-state index in [0.717, 1.165) is 0 Å². The highest BCUT2D eigenvalue weighted by molar-refractivity contribution is 5.92. The highest BCUT2D eigenvalue weighted by Crippen LogP contribution is 2.20. The van der Waals surface area contributed by atoms with Gasteiger partial charge in [0.25, 0.3) is 0 Å². The van der Waals surface area contributed by atoms with Crippen molar-refractivity contribution in [3.05, 3.63) is 11.6 Å². The largest absolute Gasteiger partial charge is 0.452 e. The van der Waals surface area contributed by atoms with Crippen LogP contribution < -0.4 is 0 Å². The Hall–Kier alpha value is -0.910. The lowest BCUT2D eigenvalue weighted by Gasteiger charge is -2.12. The van der Waals surface area contributed by atoms with Gasteiger partial charge in [0.1, 0.15) is 12.2 Å². The predicted octanol–water partition coefficient (Wildman–Crippen LogP) is -1.04. The van der Waals surface area contributed by atoms with E-state index in [1.807, 2.05) is 0 Å². The van der Waals surface area contributed by atoms with E-state index in [2.05, 4.69) is 0 Å². The molecular weight excluding hydrogens is 188 g/mol. The molecule has 4 unspecified atom stereocenters. The van der Waals surface area contributed by atoms with Crippen molar-refractivity contribution in [2.24, 2.45) is 0 Å². The van der Waals surface area contributed by atoms with Gasteiger partial charge in [0.05, 0.1) is 17.8 Å². The monoisotopic (exact) mass is 202 g/mol. The summed E-state index contributed by atoms with van der Waals surface area (Å²) in [4.78, 5) is 11.2. The van der Waals surface area contributed by atoms with Gasteiger partial charge in [-0.25, -0.2) is 4.79 Å². The molecule has 1 aliphatic rings. The molecule has 0 aromatic rings. The van der Waals surface area contributed by atoms with E-state index in [1.54, 1.807) is 0 Å². The maximum absolute atomic E-state index is 11.2. The molecule has 0 saturated carbocycles. The van der Waals surface area contributed by atoms with E-state index >= 15 is 0 Å². The maximum Gasteiger partial charge on any atom is 0.337 e. The van der Waals surface area contributed by atoms with Crippen LogP contribution in [0.2, 0.25) is 0 Å². The zero-order chi connectivity index (χ0) is 10.9. The minimum Gasteiger partial charge on any atom is -0.452 e. The number of hydrogen-bond acceptors (Lipinski definition) is 5. The minimum absolute atomic E-state index is 0.00546. The molecule has 0 aromatic heterocycles. The van der Waals surface area contributed by atoms with Crippen molar-refractivity contribution in [1.29, 1.82) is 0 Å². The molecule has 1 heterocycles. The number of carbonyl (C=O) groups excluding carboxylic acids is 1. The Balaban J connectivity index is 2.78. The van der Waals surface area contributed by atoms with Crippen LogP contribution in [0.3, 0.4) is 0 Å². The molecule has 0 fully saturated rings. The summed E-state index contributed by atoms with van der Waals surface area (Å²) < 4.78 is 4.75. The first-order valence-electron chi connectivity index (χ1n) is 4.40. The van der Waals surface area contributed by atoms with Gasteiger partial charge in [-0.15, -0.1) is 0 Å². The van der Waals surface area contributed by atoms with Crippen LogP contribution in [0.15, 0.2) is 11.6 Å². The molecular formula is C9H14O5. The summed E-state index contributed by atoms with van der Waals surface area (Å²) in [5.41, 5.74) is 0.00546. The highest BCUT2D eigenvalue weighted by atomic mass is 16.6. The summed E-state index contributed by atoms with van der Waals surface area (Å²) in [6.45, 7) is 2.85. The van der Waals surface area contributed by atoms with Crippen LogP contribution in [0.5, 0.6) is 0 Å². The molecule has 5 nitrogen and oxygen atoms in total. The van der Waals surface area contributed by atoms with E-state index in [1.165, 1.54) is 19.9 Å². The standard InChI is InChI=1S/C9H14O5/c1-4(10)7-3-6(9(13)14-7)8(12)5(2)11/h3-5,7-8,10-12H,1-2H3. The zero-order valence-electron chi connectivity index (χ0n) is 8.04. The fourth-order valence-electron chi connectivity index (χ4n) is 1.19. The Labute approximate surface area is 81.6 Å². The van der Waals surface area contributed by atoms with Crippen molar-refractivity contribution >= 4 is 5.97 Å². The zero-order valence-corrected chi connectivity index (χ0v) is 8.04. The Bertz CT molecular complexity index is 256. The van der Waals surface area contributed by atoms with Gasteiger partial charge in [-0.05, 0) is 19.9 Å². The second kappa shape index (κ2) is 4.08. The van der Waals surface area contributed by atoms with E-state index in [4.69, 9.17) is 14.9 Å². The predicted molar refractivity (Wildman–Crippen MR) is 47.3 cm³/mol. The summed E-state index contributed by atoms with van der Waals surface area (Å²) in [6.07, 6.45) is -2.51. The van der Waals surface area contributed by atoms with Crippen LogP contribution in [-0.4, -0.2) is 45.7 Å². The normalized spacial score (nSPS) is 27.9. The molecule has 4 atom stereocenters. The van der Waals surface area contributed by atoms with E-state index < -0.39 is 30.4 Å². The fourth-order valence-corrected chi connectivity index (χ4v) is 1.19. The van der Waals surface area contributed by atoms with Crippen molar-refractivity contribution < 1.29 is 24.9 Å². The average Bonchev–Trinajstić information content (AvgIpc) is 2.46. The Kier molecular flexibility index (Phi) is 3.25. The van der Waals surface area contributed by atoms with Crippen LogP contribution in [0.1, 0.15) is 13.8 Å². The van der Waals surface area contributed by atoms with Crippen molar-refractivity contribution in [1.82, 2.24) is 0 Å². The van der Waals surface area contributed by atoms with Gasteiger partial charge < -0.3 is 20.1 Å². The molecule has 0 aromatic carbocycles. The van der Waals surface area contributed by atoms with Gasteiger partial charge in [-0.2, -0.15) is 0 Å². The fraction of sp³-hybridized carbons (Fsp3) is 0.667. The van der Waals surface area contributed by atoms with Crippen molar-refractivity contribution in [2.75, 3.05) is 0 Å². The molecule has 1 aliphatic heterocycles. The number of rotatable bonds is 3. The van der Waals surface area contributed by atoms with Crippen molar-refractivity contribution in [3.63, 3.8) is 0 Å². The third-order valence-electron chi connectivity index (χ3n) is 2.07. The summed E-state index contributed by atoms with van der Waals surface area (Å²) >= 11 is 0. The number of aliphatic hydroxyl groups is 3. The van der Waals surface area contributed by atoms with E-state index in [-0.39, 0.29) is 5.57 Å². The Morgan fingerprint density at radius 1 is 1.36 bits per heavy atom. The van der Waals surface area contributed by atoms with Crippen LogP contribution in [-0.2, 0) is 9.53 Å². The van der Waals surface area contributed by atoms with E-state index in [0.29, 0.717) is 0 Å². The molecule has 1 rings (SSSR count). The number of esters is 1. The lowest BCUT2D eigenvalue weighted by atomic mass is 10.0. The van der Waals surface area contributed by atoms with Gasteiger partial charge in [-0.1, -0.05) is 0 Å². The molecule has 80 valence electrons. The summed E-state index contributed by atoms with van der Waals surface area (Å²) in [5.74, 6) is -0.690. The molecule has 0 bridgehead atoms. The third-order valence-corrected chi connectivity index (χ3v) is 2.07. The number of cyclic esters (lactones) is 1. The van der Waals surface area contributed by atoms with Crippen LogP contribution in [0, 0.1) is 0 Å². The highest BCUT2D eigenvalue weighted by Gasteiger charge is 2.34. The quantitative estimate of drug-likeness (QED) is 0.509. The molecule has 0 radical (unpaired) electrons. The topological polar surface area (TPSA) is 87.0 Å². The molecule has 3 N–H and O–H groups in total. The number of ether oxygens (including phenoxy) is 1. The number of carbonyl (C=O) groups is 1. The number of hydrogen-bond donors (Lipinski definition) is 3. The van der Waals surface area contributed by atoms with Crippen molar-refractivity contribution in [2.45, 2.75) is 38.3 Å². The molecule has 14 heavy (non-hydrogen) atoms. The summed E-state index contributed by atoms with van der Waals surface area (Å²) in [5, 5.41) is 27.6. The van der Waals surface area contributed by atoms with Crippen LogP contribution in [0.25, 0.3) is 0 Å². The second-order valence-corrected chi connectivity index (χ2v) is 3.42. The molecule has 0 amide bonds. The van der Waals surface area contributed by atoms with Gasteiger partial charge in [-0.3, -0.25) is 0 Å². The Morgan fingerprint density at radius 2 is 1.93 bits per heavy atom. The second-order valence-electron chi connectivity index (χ2n) is 3.42. The minimum atomic E-state index is -1.26. The van der Waals surface area contributed by atoms with E-state index in [9.17, 15) is 9.90 Å². The maximum atomic E-state index is 11.2. The first-order valence-corrected chi connectivity index (χ1v) is 4.40. The van der Waals surface area contributed by atoms with Gasteiger partial charge in [0.2, 0.25) is 0 Å². The average molecular weight is 202 g/mol. The third kappa shape index (κ3) is 2.12. The molecule has 5 heteroatoms. The van der Waals surface area contributed by atoms with Gasteiger partial charge in [0.15, 0.2) is 0 Å². The van der Waals surface area contributed by atoms with Crippen LogP contribution in [0.4, 0.5) is 0 Å². The lowest BCUT2D eigenvalue weighted by Crippen LogP contribution is -2.27. The van der Waals surface area contributed by atoms with Gasteiger partial charge >= 0.3 is 5.97 Å². The lowest BCUT2D eigenvalue weighted by molar-refractivity contribution is -0.144. The Morgan fingerprint density at radius 3 is 2.29 bits per heavy atom. The first-order chi connectivity index (χ1) is 6.43. The molecule has 0 aliphatic carbocycles. The first kappa shape index (κ1) is 11.2. The van der Waals surface area contributed by atoms with Gasteiger partial charge in [0, 0.05) is 0 Å². The molecule has 0 spiro atoms. The smallest absolute Gasteiger partial charge is 0.337 e. The summed E-state index contributed by atoms with van der Waals surface area (Å²) in [6, 6.07) is 0. The summed E-state index contributed by atoms with van der Waals surface area (Å²) in [7, 11) is 0. The number of aliphatic hydroxyl groups excluding tert-OH is 3. The van der Waals surface area contributed by atoms with Crippen molar-refractivity contribution in [3.8, 4) is 0 Å². The molecule has 0 saturated heterocycles. The SMILES string of the molecule is CC(O)C1C=C(C(O)C(C)O)C(=O)O1. The van der Waals surface area contributed by atoms with Crippen LogP contribution >= 0.6 is 0 Å².